The molecule has 0 saturated carbocycles. The van der Waals surface area contributed by atoms with Crippen LogP contribution in [0.2, 0.25) is 5.02 Å². The zero-order chi connectivity index (χ0) is 22.6. The van der Waals surface area contributed by atoms with Crippen LogP contribution >= 0.6 is 11.6 Å². The van der Waals surface area contributed by atoms with Crippen molar-refractivity contribution in [2.24, 2.45) is 5.10 Å². The maximum absolute atomic E-state index is 11.9. The molecule has 2 N–H and O–H groups in total. The first-order chi connectivity index (χ1) is 14.9. The Kier molecular flexibility index (Phi) is 9.31. The molecule has 0 unspecified atom stereocenters. The summed E-state index contributed by atoms with van der Waals surface area (Å²) in [6, 6.07) is 11.6. The summed E-state index contributed by atoms with van der Waals surface area (Å²) in [5.74, 6) is -0.879. The summed E-state index contributed by atoms with van der Waals surface area (Å²) in [5.41, 5.74) is 3.29. The fraction of sp³-hybridized carbons (Fsp3) is 0.238. The second-order valence-electron chi connectivity index (χ2n) is 6.00. The quantitative estimate of drug-likeness (QED) is 0.250. The lowest BCUT2D eigenvalue weighted by Crippen LogP contribution is -2.24. The van der Waals surface area contributed by atoms with E-state index in [-0.39, 0.29) is 13.2 Å². The van der Waals surface area contributed by atoms with Crippen molar-refractivity contribution >= 4 is 41.3 Å². The number of ether oxygens (including phenoxy) is 3. The largest absolute Gasteiger partial charge is 0.493 e. The van der Waals surface area contributed by atoms with E-state index in [9.17, 15) is 14.4 Å². The third kappa shape index (κ3) is 7.98. The van der Waals surface area contributed by atoms with Crippen LogP contribution < -0.4 is 20.2 Å². The minimum absolute atomic E-state index is 0.246. The lowest BCUT2D eigenvalue weighted by atomic mass is 10.2. The summed E-state index contributed by atoms with van der Waals surface area (Å²) in [7, 11) is 1.45. The highest BCUT2D eigenvalue weighted by atomic mass is 35.5. The van der Waals surface area contributed by atoms with E-state index < -0.39 is 24.2 Å². The second kappa shape index (κ2) is 12.2. The third-order valence-corrected chi connectivity index (χ3v) is 4.04. The lowest BCUT2D eigenvalue weighted by Gasteiger charge is -2.10. The number of hydrogen-bond donors (Lipinski definition) is 2. The molecule has 2 aromatic carbocycles. The zero-order valence-electron chi connectivity index (χ0n) is 17.0. The summed E-state index contributed by atoms with van der Waals surface area (Å²) < 4.78 is 15.4. The van der Waals surface area contributed by atoms with E-state index in [4.69, 9.17) is 25.8 Å². The first-order valence-corrected chi connectivity index (χ1v) is 9.63. The fourth-order valence-corrected chi connectivity index (χ4v) is 2.53. The highest BCUT2D eigenvalue weighted by Crippen LogP contribution is 2.27. The molecule has 9 nitrogen and oxygen atoms in total. The molecule has 2 aromatic rings. The average Bonchev–Trinajstić information content (AvgIpc) is 2.74. The molecule has 0 aliphatic carbocycles. The molecule has 0 bridgehead atoms. The SMILES string of the molecule is CCOC(=O)COc1ccc(C=NNC(=O)CC(=O)Nc2ccccc2Cl)cc1OC. The predicted molar refractivity (Wildman–Crippen MR) is 116 cm³/mol. The molecule has 0 saturated heterocycles. The van der Waals surface area contributed by atoms with E-state index in [1.165, 1.54) is 13.3 Å². The van der Waals surface area contributed by atoms with Crippen molar-refractivity contribution < 1.29 is 28.6 Å². The molecular formula is C21H22ClN3O6. The Hall–Kier alpha value is -3.59. The smallest absolute Gasteiger partial charge is 0.344 e. The van der Waals surface area contributed by atoms with Crippen LogP contribution in [-0.4, -0.2) is 44.3 Å². The zero-order valence-corrected chi connectivity index (χ0v) is 17.8. The molecule has 0 aliphatic heterocycles. The number of nitrogens with zero attached hydrogens (tertiary/aromatic N) is 1. The Morgan fingerprint density at radius 3 is 2.58 bits per heavy atom. The van der Waals surface area contributed by atoms with Crippen LogP contribution in [0.15, 0.2) is 47.6 Å². The van der Waals surface area contributed by atoms with Gasteiger partial charge in [-0.2, -0.15) is 5.10 Å². The van der Waals surface area contributed by atoms with Gasteiger partial charge in [0.05, 0.1) is 30.6 Å². The molecular weight excluding hydrogens is 426 g/mol. The van der Waals surface area contributed by atoms with Crippen molar-refractivity contribution in [3.05, 3.63) is 53.1 Å². The molecule has 0 atom stereocenters. The number of halogens is 1. The number of carbonyl (C=O) groups is 3. The first-order valence-electron chi connectivity index (χ1n) is 9.25. The Labute approximate surface area is 184 Å². The molecule has 0 aromatic heterocycles. The number of para-hydroxylation sites is 1. The van der Waals surface area contributed by atoms with Gasteiger partial charge in [0.1, 0.15) is 6.42 Å². The predicted octanol–water partition coefficient (Wildman–Crippen LogP) is 2.77. The fourth-order valence-electron chi connectivity index (χ4n) is 2.34. The number of benzene rings is 2. The number of hydrogen-bond acceptors (Lipinski definition) is 7. The van der Waals surface area contributed by atoms with Gasteiger partial charge in [-0.05, 0) is 42.8 Å². The van der Waals surface area contributed by atoms with E-state index in [1.807, 2.05) is 0 Å². The average molecular weight is 448 g/mol. The number of amides is 2. The minimum Gasteiger partial charge on any atom is -0.493 e. The van der Waals surface area contributed by atoms with Gasteiger partial charge in [0.2, 0.25) is 11.8 Å². The number of esters is 1. The van der Waals surface area contributed by atoms with Crippen molar-refractivity contribution in [3.8, 4) is 11.5 Å². The molecule has 2 rings (SSSR count). The number of rotatable bonds is 10. The second-order valence-corrected chi connectivity index (χ2v) is 6.41. The number of carbonyl (C=O) groups excluding carboxylic acids is 3. The monoisotopic (exact) mass is 447 g/mol. The number of anilines is 1. The summed E-state index contributed by atoms with van der Waals surface area (Å²) in [6.45, 7) is 1.72. The van der Waals surface area contributed by atoms with Gasteiger partial charge in [0.15, 0.2) is 18.1 Å². The molecule has 0 aliphatic rings. The standard InChI is InChI=1S/C21H22ClN3O6/c1-3-30-21(28)13-31-17-9-8-14(10-18(17)29-2)12-23-25-20(27)11-19(26)24-16-7-5-4-6-15(16)22/h4-10,12H,3,11,13H2,1-2H3,(H,24,26)(H,25,27). The van der Waals surface area contributed by atoms with Crippen molar-refractivity contribution in [1.82, 2.24) is 5.43 Å². The molecule has 0 heterocycles. The van der Waals surface area contributed by atoms with Gasteiger partial charge in [-0.25, -0.2) is 10.2 Å². The molecule has 0 radical (unpaired) electrons. The van der Waals surface area contributed by atoms with Gasteiger partial charge < -0.3 is 19.5 Å². The van der Waals surface area contributed by atoms with Gasteiger partial charge in [-0.1, -0.05) is 23.7 Å². The van der Waals surface area contributed by atoms with E-state index in [1.54, 1.807) is 49.4 Å². The Morgan fingerprint density at radius 2 is 1.87 bits per heavy atom. The lowest BCUT2D eigenvalue weighted by molar-refractivity contribution is -0.145. The van der Waals surface area contributed by atoms with E-state index in [0.717, 1.165) is 0 Å². The minimum atomic E-state index is -0.595. The van der Waals surface area contributed by atoms with Crippen molar-refractivity contribution in [3.63, 3.8) is 0 Å². The van der Waals surface area contributed by atoms with E-state index in [2.05, 4.69) is 15.8 Å². The number of nitrogens with one attached hydrogen (secondary N) is 2. The van der Waals surface area contributed by atoms with Crippen molar-refractivity contribution in [2.45, 2.75) is 13.3 Å². The highest BCUT2D eigenvalue weighted by molar-refractivity contribution is 6.33. The number of hydrazone groups is 1. The van der Waals surface area contributed by atoms with E-state index in [0.29, 0.717) is 27.8 Å². The summed E-state index contributed by atoms with van der Waals surface area (Å²) in [4.78, 5) is 35.2. The van der Waals surface area contributed by atoms with Crippen molar-refractivity contribution in [1.29, 1.82) is 0 Å². The molecule has 0 fully saturated rings. The van der Waals surface area contributed by atoms with Gasteiger partial charge in [-0.15, -0.1) is 0 Å². The Bertz CT molecular complexity index is 964. The van der Waals surface area contributed by atoms with Gasteiger partial charge >= 0.3 is 5.97 Å². The van der Waals surface area contributed by atoms with Gasteiger partial charge in [-0.3, -0.25) is 9.59 Å². The third-order valence-electron chi connectivity index (χ3n) is 3.71. The Morgan fingerprint density at radius 1 is 1.10 bits per heavy atom. The Balaban J connectivity index is 1.87. The van der Waals surface area contributed by atoms with Gasteiger partial charge in [0, 0.05) is 0 Å². The van der Waals surface area contributed by atoms with Crippen LogP contribution in [0.25, 0.3) is 0 Å². The summed E-state index contributed by atoms with van der Waals surface area (Å²) >= 11 is 5.96. The molecule has 10 heteroatoms. The maximum Gasteiger partial charge on any atom is 0.344 e. The summed E-state index contributed by atoms with van der Waals surface area (Å²) in [6.07, 6.45) is 0.952. The topological polar surface area (TPSA) is 115 Å². The molecule has 2 amide bonds. The number of methoxy groups -OCH3 is 1. The van der Waals surface area contributed by atoms with E-state index >= 15 is 0 Å². The van der Waals surface area contributed by atoms with Crippen LogP contribution in [0.3, 0.4) is 0 Å². The molecule has 31 heavy (non-hydrogen) atoms. The van der Waals surface area contributed by atoms with Crippen LogP contribution in [0.4, 0.5) is 5.69 Å². The maximum atomic E-state index is 11.9. The van der Waals surface area contributed by atoms with Gasteiger partial charge in [0.25, 0.3) is 0 Å². The first kappa shape index (κ1) is 23.7. The normalized spacial score (nSPS) is 10.4. The highest BCUT2D eigenvalue weighted by Gasteiger charge is 2.11. The summed E-state index contributed by atoms with van der Waals surface area (Å²) in [5, 5.41) is 6.75. The van der Waals surface area contributed by atoms with Crippen LogP contribution in [-0.2, 0) is 19.1 Å². The van der Waals surface area contributed by atoms with Crippen LogP contribution in [0, 0.1) is 0 Å². The molecule has 0 spiro atoms. The van der Waals surface area contributed by atoms with Crippen molar-refractivity contribution in [2.75, 3.05) is 25.6 Å². The molecule has 164 valence electrons. The van der Waals surface area contributed by atoms with Crippen LogP contribution in [0.5, 0.6) is 11.5 Å². The van der Waals surface area contributed by atoms with Crippen LogP contribution in [0.1, 0.15) is 18.9 Å².